The van der Waals surface area contributed by atoms with Gasteiger partial charge in [0.25, 0.3) is 5.91 Å². The minimum absolute atomic E-state index is 0.511. The molecule has 0 bridgehead atoms. The minimum Gasteiger partial charge on any atom is -0.478 e. The third-order valence-corrected chi connectivity index (χ3v) is 3.20. The maximum atomic E-state index is 13.4. The Morgan fingerprint density at radius 2 is 1.44 bits per heavy atom. The number of rotatable bonds is 4. The van der Waals surface area contributed by atoms with E-state index in [4.69, 9.17) is 10.2 Å². The number of anilines is 1. The molecular formula is C16H10F3NO5. The third kappa shape index (κ3) is 3.77. The molecular weight excluding hydrogens is 343 g/mol. The van der Waals surface area contributed by atoms with E-state index < -0.39 is 51.4 Å². The standard InChI is InChI=1S/C16H10F3NO5/c17-16(18,19)20(10-4-2-1-3-5-10)13(21)12-8-9(14(22)23)6-7-11(12)15(24)25/h1-8H,(H,22,23)(H,24,25). The van der Waals surface area contributed by atoms with Gasteiger partial charge in [0, 0.05) is 0 Å². The zero-order valence-electron chi connectivity index (χ0n) is 12.3. The van der Waals surface area contributed by atoms with Gasteiger partial charge in [-0.15, -0.1) is 13.2 Å². The number of carboxylic acids is 2. The molecule has 0 fully saturated rings. The Morgan fingerprint density at radius 3 is 1.92 bits per heavy atom. The first-order valence-corrected chi connectivity index (χ1v) is 6.70. The molecule has 0 unspecified atom stereocenters. The summed E-state index contributed by atoms with van der Waals surface area (Å²) >= 11 is 0. The fraction of sp³-hybridized carbons (Fsp3) is 0.0625. The lowest BCUT2D eigenvalue weighted by Crippen LogP contribution is -2.43. The number of para-hydroxylation sites is 1. The predicted molar refractivity (Wildman–Crippen MR) is 79.7 cm³/mol. The van der Waals surface area contributed by atoms with E-state index in [2.05, 4.69) is 0 Å². The summed E-state index contributed by atoms with van der Waals surface area (Å²) < 4.78 is 40.1. The molecule has 0 saturated carbocycles. The highest BCUT2D eigenvalue weighted by Crippen LogP contribution is 2.31. The van der Waals surface area contributed by atoms with Crippen LogP contribution in [-0.2, 0) is 0 Å². The number of carbonyl (C=O) groups is 3. The van der Waals surface area contributed by atoms with Crippen LogP contribution in [0.3, 0.4) is 0 Å². The van der Waals surface area contributed by atoms with E-state index in [9.17, 15) is 27.6 Å². The van der Waals surface area contributed by atoms with Crippen LogP contribution in [-0.4, -0.2) is 34.4 Å². The smallest absolute Gasteiger partial charge is 0.478 e. The van der Waals surface area contributed by atoms with Crippen molar-refractivity contribution < 1.29 is 37.8 Å². The third-order valence-electron chi connectivity index (χ3n) is 3.20. The van der Waals surface area contributed by atoms with Gasteiger partial charge in [-0.25, -0.2) is 14.5 Å². The molecule has 2 rings (SSSR count). The first-order valence-electron chi connectivity index (χ1n) is 6.70. The number of alkyl halides is 3. The second kappa shape index (κ2) is 6.63. The van der Waals surface area contributed by atoms with Crippen molar-refractivity contribution in [1.82, 2.24) is 0 Å². The summed E-state index contributed by atoms with van der Waals surface area (Å²) in [4.78, 5) is 34.1. The number of aromatic carboxylic acids is 2. The molecule has 0 saturated heterocycles. The van der Waals surface area contributed by atoms with E-state index in [1.165, 1.54) is 18.2 Å². The Bertz CT molecular complexity index is 833. The fourth-order valence-corrected chi connectivity index (χ4v) is 2.12. The summed E-state index contributed by atoms with van der Waals surface area (Å²) in [6.45, 7) is 0. The SMILES string of the molecule is O=C(O)c1ccc(C(=O)O)c(C(=O)N(c2ccccc2)C(F)(F)F)c1. The van der Waals surface area contributed by atoms with Crippen molar-refractivity contribution in [3.8, 4) is 0 Å². The number of benzene rings is 2. The predicted octanol–water partition coefficient (Wildman–Crippen LogP) is 3.25. The Kier molecular flexibility index (Phi) is 4.77. The molecule has 0 heterocycles. The van der Waals surface area contributed by atoms with Crippen molar-refractivity contribution in [3.05, 3.63) is 65.2 Å². The van der Waals surface area contributed by atoms with Crippen LogP contribution in [0.5, 0.6) is 0 Å². The van der Waals surface area contributed by atoms with Gasteiger partial charge in [-0.05, 0) is 30.3 Å². The summed E-state index contributed by atoms with van der Waals surface area (Å²) in [7, 11) is 0. The van der Waals surface area contributed by atoms with Crippen LogP contribution in [0.1, 0.15) is 31.1 Å². The first kappa shape index (κ1) is 18.0. The summed E-state index contributed by atoms with van der Waals surface area (Å²) in [5.41, 5.74) is -2.66. The fourth-order valence-electron chi connectivity index (χ4n) is 2.12. The van der Waals surface area contributed by atoms with Crippen molar-refractivity contribution >= 4 is 23.5 Å². The molecule has 0 aromatic heterocycles. The van der Waals surface area contributed by atoms with Gasteiger partial charge in [0.05, 0.1) is 22.4 Å². The molecule has 2 aromatic rings. The number of carboxylic acid groups (broad SMARTS) is 2. The van der Waals surface area contributed by atoms with Gasteiger partial charge < -0.3 is 10.2 Å². The van der Waals surface area contributed by atoms with Crippen LogP contribution in [0, 0.1) is 0 Å². The Hall–Kier alpha value is -3.36. The lowest BCUT2D eigenvalue weighted by Gasteiger charge is -2.25. The van der Waals surface area contributed by atoms with Gasteiger partial charge in [-0.2, -0.15) is 0 Å². The largest absolute Gasteiger partial charge is 0.491 e. The van der Waals surface area contributed by atoms with Gasteiger partial charge in [0.15, 0.2) is 0 Å². The van der Waals surface area contributed by atoms with Gasteiger partial charge in [0.2, 0.25) is 0 Å². The van der Waals surface area contributed by atoms with Crippen molar-refractivity contribution in [1.29, 1.82) is 0 Å². The number of carbonyl (C=O) groups excluding carboxylic acids is 1. The molecule has 0 aliphatic carbocycles. The van der Waals surface area contributed by atoms with Crippen LogP contribution >= 0.6 is 0 Å². The number of amides is 1. The average Bonchev–Trinajstić information content (AvgIpc) is 2.53. The topological polar surface area (TPSA) is 94.9 Å². The Balaban J connectivity index is 2.65. The van der Waals surface area contributed by atoms with Crippen molar-refractivity contribution in [2.24, 2.45) is 0 Å². The lowest BCUT2D eigenvalue weighted by atomic mass is 10.0. The number of halogens is 3. The van der Waals surface area contributed by atoms with E-state index >= 15 is 0 Å². The second-order valence-corrected chi connectivity index (χ2v) is 4.81. The maximum Gasteiger partial charge on any atom is 0.491 e. The zero-order chi connectivity index (χ0) is 18.8. The quantitative estimate of drug-likeness (QED) is 0.823. The van der Waals surface area contributed by atoms with Gasteiger partial charge >= 0.3 is 18.2 Å². The van der Waals surface area contributed by atoms with E-state index in [0.717, 1.165) is 24.3 Å². The number of nitrogens with zero attached hydrogens (tertiary/aromatic N) is 1. The van der Waals surface area contributed by atoms with Crippen LogP contribution in [0.4, 0.5) is 18.9 Å². The van der Waals surface area contributed by atoms with E-state index in [1.807, 2.05) is 0 Å². The highest BCUT2D eigenvalue weighted by atomic mass is 19.4. The molecule has 2 N–H and O–H groups in total. The highest BCUT2D eigenvalue weighted by Gasteiger charge is 2.43. The molecule has 9 heteroatoms. The Morgan fingerprint density at radius 1 is 0.840 bits per heavy atom. The van der Waals surface area contributed by atoms with Crippen LogP contribution in [0.15, 0.2) is 48.5 Å². The molecule has 0 radical (unpaired) electrons. The summed E-state index contributed by atoms with van der Waals surface area (Å²) in [6.07, 6.45) is -5.15. The summed E-state index contributed by atoms with van der Waals surface area (Å²) in [5, 5.41) is 18.0. The molecule has 6 nitrogen and oxygen atoms in total. The van der Waals surface area contributed by atoms with Gasteiger partial charge in [-0.1, -0.05) is 18.2 Å². The molecule has 130 valence electrons. The van der Waals surface area contributed by atoms with E-state index in [-0.39, 0.29) is 0 Å². The minimum atomic E-state index is -5.15. The van der Waals surface area contributed by atoms with Crippen LogP contribution in [0.25, 0.3) is 0 Å². The first-order chi connectivity index (χ1) is 11.6. The molecule has 0 aliphatic rings. The van der Waals surface area contributed by atoms with Crippen molar-refractivity contribution in [2.75, 3.05) is 4.90 Å². The average molecular weight is 353 g/mol. The monoisotopic (exact) mass is 353 g/mol. The zero-order valence-corrected chi connectivity index (χ0v) is 12.3. The summed E-state index contributed by atoms with van der Waals surface area (Å²) in [5.74, 6) is -4.86. The number of hydrogen-bond acceptors (Lipinski definition) is 3. The summed E-state index contributed by atoms with van der Waals surface area (Å²) in [6, 6.07) is 8.30. The molecule has 25 heavy (non-hydrogen) atoms. The molecule has 0 atom stereocenters. The molecule has 1 amide bonds. The maximum absolute atomic E-state index is 13.4. The molecule has 0 aliphatic heterocycles. The lowest BCUT2D eigenvalue weighted by molar-refractivity contribution is -0.122. The van der Waals surface area contributed by atoms with Crippen molar-refractivity contribution in [2.45, 2.75) is 6.30 Å². The van der Waals surface area contributed by atoms with E-state index in [0.29, 0.717) is 6.07 Å². The van der Waals surface area contributed by atoms with Crippen LogP contribution < -0.4 is 4.90 Å². The molecule has 0 spiro atoms. The Labute approximate surface area is 138 Å². The van der Waals surface area contributed by atoms with E-state index in [1.54, 1.807) is 0 Å². The molecule has 2 aromatic carbocycles. The number of hydrogen-bond donors (Lipinski definition) is 2. The second-order valence-electron chi connectivity index (χ2n) is 4.81. The highest BCUT2D eigenvalue weighted by molar-refractivity contribution is 6.13. The van der Waals surface area contributed by atoms with Crippen molar-refractivity contribution in [3.63, 3.8) is 0 Å². The normalized spacial score (nSPS) is 11.0. The van der Waals surface area contributed by atoms with Gasteiger partial charge in [0.1, 0.15) is 0 Å². The van der Waals surface area contributed by atoms with Gasteiger partial charge in [-0.3, -0.25) is 4.79 Å². The van der Waals surface area contributed by atoms with Crippen LogP contribution in [0.2, 0.25) is 0 Å².